The van der Waals surface area contributed by atoms with Crippen LogP contribution in [0, 0.1) is 11.3 Å². The van der Waals surface area contributed by atoms with E-state index in [2.05, 4.69) is 37.4 Å². The second-order valence-electron chi connectivity index (χ2n) is 8.03. The number of anilines is 1. The van der Waals surface area contributed by atoms with E-state index < -0.39 is 0 Å². The molecule has 0 bridgehead atoms. The van der Waals surface area contributed by atoms with Gasteiger partial charge in [0.05, 0.1) is 29.4 Å². The first-order valence-corrected chi connectivity index (χ1v) is 12.0. The molecule has 3 aromatic rings. The highest BCUT2D eigenvalue weighted by atomic mass is 79.9. The largest absolute Gasteiger partial charge is 0.493 e. The predicted molar refractivity (Wildman–Crippen MR) is 139 cm³/mol. The summed E-state index contributed by atoms with van der Waals surface area (Å²) in [5, 5.41) is 13.4. The molecule has 0 aliphatic carbocycles. The number of methoxy groups -OCH3 is 1. The van der Waals surface area contributed by atoms with Crippen molar-refractivity contribution in [2.45, 2.75) is 19.4 Å². The fourth-order valence-corrected chi connectivity index (χ4v) is 4.46. The molecule has 0 aromatic heterocycles. The number of nitrogens with zero attached hydrogens (tertiary/aromatic N) is 3. The Hall–Kier alpha value is -3.83. The molecule has 1 fully saturated rings. The lowest BCUT2D eigenvalue weighted by atomic mass is 10.1. The van der Waals surface area contributed by atoms with Crippen molar-refractivity contribution in [3.05, 3.63) is 87.4 Å². The van der Waals surface area contributed by atoms with Crippen LogP contribution in [-0.4, -0.2) is 32.3 Å². The van der Waals surface area contributed by atoms with Crippen LogP contribution in [0.1, 0.15) is 39.9 Å². The van der Waals surface area contributed by atoms with Crippen molar-refractivity contribution in [1.82, 2.24) is 5.43 Å². The summed E-state index contributed by atoms with van der Waals surface area (Å²) in [6.45, 7) is 2.34. The topological polar surface area (TPSA) is 86.9 Å². The molecule has 1 heterocycles. The van der Waals surface area contributed by atoms with Crippen molar-refractivity contribution < 1.29 is 14.3 Å². The van der Waals surface area contributed by atoms with Crippen LogP contribution >= 0.6 is 15.9 Å². The van der Waals surface area contributed by atoms with Gasteiger partial charge in [0, 0.05) is 29.9 Å². The number of carbonyl (C=O) groups is 1. The highest BCUT2D eigenvalue weighted by molar-refractivity contribution is 9.10. The van der Waals surface area contributed by atoms with E-state index in [1.54, 1.807) is 25.5 Å². The SMILES string of the molecule is COc1cc(/C=N\NC(=O)c2ccc(N3CCCC3)cc2)cc(Br)c1OCc1ccccc1C#N. The van der Waals surface area contributed by atoms with Crippen LogP contribution in [0.15, 0.2) is 70.2 Å². The summed E-state index contributed by atoms with van der Waals surface area (Å²) in [5.74, 6) is 0.731. The Morgan fingerprint density at radius 2 is 1.91 bits per heavy atom. The first-order chi connectivity index (χ1) is 17.1. The zero-order valence-corrected chi connectivity index (χ0v) is 20.9. The van der Waals surface area contributed by atoms with Gasteiger partial charge < -0.3 is 14.4 Å². The molecule has 0 spiro atoms. The van der Waals surface area contributed by atoms with Gasteiger partial charge in [-0.3, -0.25) is 4.79 Å². The first kappa shape index (κ1) is 24.3. The highest BCUT2D eigenvalue weighted by Gasteiger charge is 2.14. The normalized spacial score (nSPS) is 13.0. The summed E-state index contributed by atoms with van der Waals surface area (Å²) >= 11 is 3.52. The number of ether oxygens (including phenoxy) is 2. The van der Waals surface area contributed by atoms with Gasteiger partial charge >= 0.3 is 0 Å². The van der Waals surface area contributed by atoms with Crippen molar-refractivity contribution >= 4 is 33.7 Å². The third-order valence-electron chi connectivity index (χ3n) is 5.74. The minimum absolute atomic E-state index is 0.221. The molecule has 0 atom stereocenters. The van der Waals surface area contributed by atoms with Crippen molar-refractivity contribution in [3.8, 4) is 17.6 Å². The van der Waals surface area contributed by atoms with E-state index in [-0.39, 0.29) is 12.5 Å². The maximum Gasteiger partial charge on any atom is 0.271 e. The summed E-state index contributed by atoms with van der Waals surface area (Å²) < 4.78 is 12.1. The van der Waals surface area contributed by atoms with Crippen molar-refractivity contribution in [2.24, 2.45) is 5.10 Å². The molecule has 0 radical (unpaired) electrons. The van der Waals surface area contributed by atoms with Gasteiger partial charge in [0.25, 0.3) is 5.91 Å². The number of hydrazone groups is 1. The zero-order valence-electron chi connectivity index (χ0n) is 19.3. The minimum Gasteiger partial charge on any atom is -0.493 e. The van der Waals surface area contributed by atoms with Gasteiger partial charge in [-0.05, 0) is 76.8 Å². The molecule has 3 aromatic carbocycles. The first-order valence-electron chi connectivity index (χ1n) is 11.3. The number of nitriles is 1. The third-order valence-corrected chi connectivity index (χ3v) is 6.33. The van der Waals surface area contributed by atoms with E-state index in [4.69, 9.17) is 9.47 Å². The van der Waals surface area contributed by atoms with Crippen molar-refractivity contribution in [3.63, 3.8) is 0 Å². The molecular formula is C27H25BrN4O3. The molecule has 0 saturated carbocycles. The number of carbonyl (C=O) groups excluding carboxylic acids is 1. The number of rotatable bonds is 8. The number of amides is 1. The predicted octanol–water partition coefficient (Wildman–Crippen LogP) is 5.27. The quantitative estimate of drug-likeness (QED) is 0.315. The average Bonchev–Trinajstić information content (AvgIpc) is 3.43. The Labute approximate surface area is 213 Å². The lowest BCUT2D eigenvalue weighted by Gasteiger charge is -2.17. The molecule has 1 N–H and O–H groups in total. The fourth-order valence-electron chi connectivity index (χ4n) is 3.89. The number of nitrogens with one attached hydrogen (secondary N) is 1. The molecular weight excluding hydrogens is 508 g/mol. The summed E-state index contributed by atoms with van der Waals surface area (Å²) in [6, 6.07) is 20.6. The van der Waals surface area contributed by atoms with Gasteiger partial charge in [-0.25, -0.2) is 5.43 Å². The van der Waals surface area contributed by atoms with Crippen LogP contribution < -0.4 is 19.8 Å². The zero-order chi connectivity index (χ0) is 24.6. The molecule has 1 aliphatic heterocycles. The van der Waals surface area contributed by atoms with Crippen LogP contribution in [0.2, 0.25) is 0 Å². The molecule has 178 valence electrons. The van der Waals surface area contributed by atoms with E-state index in [0.29, 0.717) is 32.7 Å². The maximum absolute atomic E-state index is 12.5. The monoisotopic (exact) mass is 532 g/mol. The standard InChI is InChI=1S/C27H25BrN4O3/c1-34-25-15-19(14-24(28)26(25)35-18-22-7-3-2-6-21(22)16-29)17-30-31-27(33)20-8-10-23(11-9-20)32-12-4-5-13-32/h2-3,6-11,14-15,17H,4-5,12-13,18H2,1H3,(H,31,33)/b30-17-. The molecule has 1 amide bonds. The van der Waals surface area contributed by atoms with Crippen LogP contribution in [0.4, 0.5) is 5.69 Å². The van der Waals surface area contributed by atoms with Gasteiger partial charge in [-0.1, -0.05) is 18.2 Å². The Bertz CT molecular complexity index is 1260. The third kappa shape index (κ3) is 6.00. The Morgan fingerprint density at radius 3 is 2.63 bits per heavy atom. The number of halogens is 1. The van der Waals surface area contributed by atoms with Gasteiger partial charge in [0.15, 0.2) is 11.5 Å². The lowest BCUT2D eigenvalue weighted by Crippen LogP contribution is -2.19. The van der Waals surface area contributed by atoms with Gasteiger partial charge in [-0.2, -0.15) is 10.4 Å². The number of benzene rings is 3. The van der Waals surface area contributed by atoms with Crippen LogP contribution in [0.25, 0.3) is 0 Å². The Kier molecular flexibility index (Phi) is 8.01. The van der Waals surface area contributed by atoms with Crippen LogP contribution in [0.3, 0.4) is 0 Å². The summed E-state index contributed by atoms with van der Waals surface area (Å²) in [6.07, 6.45) is 3.96. The molecule has 7 nitrogen and oxygen atoms in total. The van der Waals surface area contributed by atoms with E-state index in [1.807, 2.05) is 48.5 Å². The van der Waals surface area contributed by atoms with Gasteiger partial charge in [-0.15, -0.1) is 0 Å². The maximum atomic E-state index is 12.5. The summed E-state index contributed by atoms with van der Waals surface area (Å²) in [4.78, 5) is 14.8. The molecule has 0 unspecified atom stereocenters. The van der Waals surface area contributed by atoms with Crippen molar-refractivity contribution in [2.75, 3.05) is 25.1 Å². The summed E-state index contributed by atoms with van der Waals surface area (Å²) in [7, 11) is 1.55. The van der Waals surface area contributed by atoms with E-state index in [1.165, 1.54) is 12.8 Å². The second kappa shape index (κ2) is 11.5. The summed E-state index contributed by atoms with van der Waals surface area (Å²) in [5.41, 5.74) is 6.31. The molecule has 1 aliphatic rings. The van der Waals surface area contributed by atoms with E-state index in [0.717, 1.165) is 24.3 Å². The van der Waals surface area contributed by atoms with Crippen molar-refractivity contribution in [1.29, 1.82) is 5.26 Å². The second-order valence-corrected chi connectivity index (χ2v) is 8.89. The minimum atomic E-state index is -0.281. The highest BCUT2D eigenvalue weighted by Crippen LogP contribution is 2.37. The number of hydrogen-bond acceptors (Lipinski definition) is 6. The van der Waals surface area contributed by atoms with Gasteiger partial charge in [0.2, 0.25) is 0 Å². The van der Waals surface area contributed by atoms with Crippen LogP contribution in [-0.2, 0) is 6.61 Å². The fraction of sp³-hybridized carbons (Fsp3) is 0.222. The average molecular weight is 533 g/mol. The van der Waals surface area contributed by atoms with Gasteiger partial charge in [0.1, 0.15) is 6.61 Å². The molecule has 1 saturated heterocycles. The van der Waals surface area contributed by atoms with Crippen LogP contribution in [0.5, 0.6) is 11.5 Å². The molecule has 8 heteroatoms. The Morgan fingerprint density at radius 1 is 1.17 bits per heavy atom. The number of hydrogen-bond donors (Lipinski definition) is 1. The molecule has 4 rings (SSSR count). The van der Waals surface area contributed by atoms with E-state index in [9.17, 15) is 10.1 Å². The Balaban J connectivity index is 1.40. The van der Waals surface area contributed by atoms with E-state index >= 15 is 0 Å². The lowest BCUT2D eigenvalue weighted by molar-refractivity contribution is 0.0955. The smallest absolute Gasteiger partial charge is 0.271 e. The molecule has 35 heavy (non-hydrogen) atoms.